The maximum Gasteiger partial charge on any atom is 0.261 e. The van der Waals surface area contributed by atoms with Gasteiger partial charge in [0.2, 0.25) is 0 Å². The summed E-state index contributed by atoms with van der Waals surface area (Å²) in [7, 11) is -2.37. The highest BCUT2D eigenvalue weighted by Gasteiger charge is 2.16. The van der Waals surface area contributed by atoms with E-state index < -0.39 is 15.8 Å². The first-order chi connectivity index (χ1) is 13.3. The molecule has 0 radical (unpaired) electrons. The Balaban J connectivity index is 1.92. The average molecular weight is 431 g/mol. The Morgan fingerprint density at radius 1 is 1.11 bits per heavy atom. The maximum absolute atomic E-state index is 13.2. The number of methoxy groups -OCH3 is 1. The third kappa shape index (κ3) is 6.45. The standard InChI is InChI=1S/C18H20ClFN2O5S/c1-26-10-11-27-9-8-21-18(23)13-2-4-14(5-3-13)22-28(24,25)15-6-7-17(20)16(19)12-15/h2-7,12,22H,8-11H2,1H3,(H,21,23). The second-order valence-electron chi connectivity index (χ2n) is 5.62. The van der Waals surface area contributed by atoms with E-state index >= 15 is 0 Å². The highest BCUT2D eigenvalue weighted by molar-refractivity contribution is 7.92. The highest BCUT2D eigenvalue weighted by atomic mass is 35.5. The van der Waals surface area contributed by atoms with Gasteiger partial charge >= 0.3 is 0 Å². The highest BCUT2D eigenvalue weighted by Crippen LogP contribution is 2.22. The summed E-state index contributed by atoms with van der Waals surface area (Å²) in [4.78, 5) is 11.9. The molecule has 0 aromatic heterocycles. The van der Waals surface area contributed by atoms with E-state index in [4.69, 9.17) is 21.1 Å². The SMILES string of the molecule is COCCOCCNC(=O)c1ccc(NS(=O)(=O)c2ccc(F)c(Cl)c2)cc1. The number of nitrogens with one attached hydrogen (secondary N) is 2. The van der Waals surface area contributed by atoms with Crippen LogP contribution in [0.3, 0.4) is 0 Å². The molecule has 2 rings (SSSR count). The van der Waals surface area contributed by atoms with Crippen molar-refractivity contribution < 1.29 is 27.1 Å². The predicted octanol–water partition coefficient (Wildman–Crippen LogP) is 2.67. The summed E-state index contributed by atoms with van der Waals surface area (Å²) < 4.78 is 50.3. The summed E-state index contributed by atoms with van der Waals surface area (Å²) in [6, 6.07) is 8.98. The Bertz CT molecular complexity index is 907. The Morgan fingerprint density at radius 3 is 2.46 bits per heavy atom. The van der Waals surface area contributed by atoms with Crippen molar-refractivity contribution in [3.05, 3.63) is 58.9 Å². The fourth-order valence-electron chi connectivity index (χ4n) is 2.13. The fourth-order valence-corrected chi connectivity index (χ4v) is 3.46. The van der Waals surface area contributed by atoms with Crippen molar-refractivity contribution in [2.24, 2.45) is 0 Å². The molecule has 10 heteroatoms. The van der Waals surface area contributed by atoms with E-state index in [1.54, 1.807) is 7.11 Å². The van der Waals surface area contributed by atoms with Gasteiger partial charge in [-0.2, -0.15) is 0 Å². The molecule has 0 aliphatic heterocycles. The van der Waals surface area contributed by atoms with Crippen LogP contribution in [0.4, 0.5) is 10.1 Å². The Morgan fingerprint density at radius 2 is 1.82 bits per heavy atom. The molecule has 28 heavy (non-hydrogen) atoms. The first kappa shape index (κ1) is 22.1. The number of carbonyl (C=O) groups excluding carboxylic acids is 1. The minimum absolute atomic E-state index is 0.172. The molecule has 0 unspecified atom stereocenters. The molecule has 1 amide bonds. The largest absolute Gasteiger partial charge is 0.382 e. The Kier molecular flexibility index (Phi) is 8.18. The zero-order valence-corrected chi connectivity index (χ0v) is 16.6. The lowest BCUT2D eigenvalue weighted by Crippen LogP contribution is -2.27. The molecule has 2 N–H and O–H groups in total. The summed E-state index contributed by atoms with van der Waals surface area (Å²) in [6.45, 7) is 1.62. The van der Waals surface area contributed by atoms with Gasteiger partial charge in [0.25, 0.3) is 15.9 Å². The Hall–Kier alpha value is -2.20. The lowest BCUT2D eigenvalue weighted by Gasteiger charge is -2.10. The van der Waals surface area contributed by atoms with Gasteiger partial charge in [0, 0.05) is 24.9 Å². The number of hydrogen-bond acceptors (Lipinski definition) is 5. The van der Waals surface area contributed by atoms with Gasteiger partial charge < -0.3 is 14.8 Å². The van der Waals surface area contributed by atoms with Crippen LogP contribution in [-0.2, 0) is 19.5 Å². The third-order valence-corrected chi connectivity index (χ3v) is 5.23. The monoisotopic (exact) mass is 430 g/mol. The predicted molar refractivity (Wildman–Crippen MR) is 104 cm³/mol. The smallest absolute Gasteiger partial charge is 0.261 e. The molecule has 0 spiro atoms. The first-order valence-corrected chi connectivity index (χ1v) is 10.1. The van der Waals surface area contributed by atoms with E-state index in [0.29, 0.717) is 31.9 Å². The van der Waals surface area contributed by atoms with E-state index in [9.17, 15) is 17.6 Å². The lowest BCUT2D eigenvalue weighted by atomic mass is 10.2. The topological polar surface area (TPSA) is 93.7 Å². The molecule has 0 aliphatic carbocycles. The van der Waals surface area contributed by atoms with Crippen molar-refractivity contribution in [1.29, 1.82) is 0 Å². The number of halogens is 2. The van der Waals surface area contributed by atoms with Gasteiger partial charge in [-0.05, 0) is 42.5 Å². The number of ether oxygens (including phenoxy) is 2. The molecule has 2 aromatic rings. The zero-order chi connectivity index (χ0) is 20.6. The molecule has 0 bridgehead atoms. The van der Waals surface area contributed by atoms with Crippen LogP contribution in [0.1, 0.15) is 10.4 Å². The number of anilines is 1. The molecule has 0 saturated heterocycles. The van der Waals surface area contributed by atoms with Gasteiger partial charge in [-0.1, -0.05) is 11.6 Å². The zero-order valence-electron chi connectivity index (χ0n) is 15.1. The number of hydrogen-bond donors (Lipinski definition) is 2. The second-order valence-corrected chi connectivity index (χ2v) is 7.71. The van der Waals surface area contributed by atoms with Crippen molar-refractivity contribution in [2.75, 3.05) is 38.2 Å². The number of rotatable bonds is 10. The third-order valence-electron chi connectivity index (χ3n) is 3.56. The first-order valence-electron chi connectivity index (χ1n) is 8.26. The van der Waals surface area contributed by atoms with Crippen LogP contribution >= 0.6 is 11.6 Å². The molecule has 2 aromatic carbocycles. The van der Waals surface area contributed by atoms with Crippen molar-refractivity contribution in [3.63, 3.8) is 0 Å². The molecular formula is C18H20ClFN2O5S. The maximum atomic E-state index is 13.2. The molecule has 0 aliphatic rings. The number of sulfonamides is 1. The number of amides is 1. The van der Waals surface area contributed by atoms with Crippen molar-refractivity contribution in [1.82, 2.24) is 5.32 Å². The Labute approximate surface area is 167 Å². The summed E-state index contributed by atoms with van der Waals surface area (Å²) in [5, 5.41) is 2.40. The van der Waals surface area contributed by atoms with Gasteiger partial charge in [0.05, 0.1) is 29.7 Å². The molecule has 0 atom stereocenters. The molecule has 7 nitrogen and oxygen atoms in total. The molecule has 0 fully saturated rings. The summed E-state index contributed by atoms with van der Waals surface area (Å²) in [5.74, 6) is -1.02. The quantitative estimate of drug-likeness (QED) is 0.565. The molecule has 0 saturated carbocycles. The summed E-state index contributed by atoms with van der Waals surface area (Å²) in [6.07, 6.45) is 0. The van der Waals surface area contributed by atoms with E-state index in [1.807, 2.05) is 0 Å². The van der Waals surface area contributed by atoms with Crippen LogP contribution in [0.25, 0.3) is 0 Å². The van der Waals surface area contributed by atoms with Gasteiger partial charge in [0.15, 0.2) is 0 Å². The number of carbonyl (C=O) groups is 1. The number of benzene rings is 2. The minimum Gasteiger partial charge on any atom is -0.382 e. The normalized spacial score (nSPS) is 11.2. The van der Waals surface area contributed by atoms with E-state index in [-0.39, 0.29) is 21.5 Å². The van der Waals surface area contributed by atoms with E-state index in [0.717, 1.165) is 18.2 Å². The fraction of sp³-hybridized carbons (Fsp3) is 0.278. The van der Waals surface area contributed by atoms with Crippen LogP contribution in [-0.4, -0.2) is 47.8 Å². The van der Waals surface area contributed by atoms with Crippen molar-refractivity contribution in [2.45, 2.75) is 4.90 Å². The van der Waals surface area contributed by atoms with Gasteiger partial charge in [-0.25, -0.2) is 12.8 Å². The molecular weight excluding hydrogens is 411 g/mol. The van der Waals surface area contributed by atoms with Crippen LogP contribution in [0, 0.1) is 5.82 Å². The van der Waals surface area contributed by atoms with Crippen LogP contribution < -0.4 is 10.0 Å². The average Bonchev–Trinajstić information content (AvgIpc) is 2.66. The molecule has 152 valence electrons. The van der Waals surface area contributed by atoms with Gasteiger partial charge in [-0.3, -0.25) is 9.52 Å². The second kappa shape index (κ2) is 10.4. The van der Waals surface area contributed by atoms with E-state index in [2.05, 4.69) is 10.0 Å². The summed E-state index contributed by atoms with van der Waals surface area (Å²) in [5.41, 5.74) is 0.615. The van der Waals surface area contributed by atoms with E-state index in [1.165, 1.54) is 24.3 Å². The van der Waals surface area contributed by atoms with Crippen molar-refractivity contribution in [3.8, 4) is 0 Å². The lowest BCUT2D eigenvalue weighted by molar-refractivity contribution is 0.0692. The van der Waals surface area contributed by atoms with Crippen molar-refractivity contribution >= 4 is 33.2 Å². The van der Waals surface area contributed by atoms with Gasteiger partial charge in [-0.15, -0.1) is 0 Å². The van der Waals surface area contributed by atoms with Crippen LogP contribution in [0.5, 0.6) is 0 Å². The summed E-state index contributed by atoms with van der Waals surface area (Å²) >= 11 is 5.63. The van der Waals surface area contributed by atoms with Gasteiger partial charge in [0.1, 0.15) is 5.82 Å². The van der Waals surface area contributed by atoms with Crippen LogP contribution in [0.2, 0.25) is 5.02 Å². The molecule has 0 heterocycles. The minimum atomic E-state index is -3.94. The van der Waals surface area contributed by atoms with Crippen LogP contribution in [0.15, 0.2) is 47.4 Å².